The van der Waals surface area contributed by atoms with E-state index in [-0.39, 0.29) is 5.97 Å². The average molecular weight is 214 g/mol. The Kier molecular flexibility index (Phi) is 10.6. The van der Waals surface area contributed by atoms with Crippen LogP contribution in [0, 0.1) is 0 Å². The Hall–Kier alpha value is -0.870. The minimum absolute atomic E-state index is 0.263. The average Bonchev–Trinajstić information content (AvgIpc) is 2.22. The standard InChI is InChI=1S/C11H22N2O2/c1-2-6-11(14)15-10-5-9-13-8-4-3-7-12/h2,6,13H,3-5,7-10,12H2,1H3/b6-2+. The first-order valence-electron chi connectivity index (χ1n) is 5.51. The molecule has 0 fully saturated rings. The molecule has 0 amide bonds. The van der Waals surface area contributed by atoms with Crippen molar-refractivity contribution in [3.05, 3.63) is 12.2 Å². The summed E-state index contributed by atoms with van der Waals surface area (Å²) in [6.45, 7) is 4.89. The summed E-state index contributed by atoms with van der Waals surface area (Å²) in [5.41, 5.74) is 5.36. The van der Waals surface area contributed by atoms with E-state index in [1.165, 1.54) is 6.08 Å². The van der Waals surface area contributed by atoms with Crippen molar-refractivity contribution in [2.75, 3.05) is 26.2 Å². The van der Waals surface area contributed by atoms with E-state index in [0.29, 0.717) is 6.61 Å². The summed E-state index contributed by atoms with van der Waals surface area (Å²) in [6.07, 6.45) is 6.12. The van der Waals surface area contributed by atoms with Crippen LogP contribution in [0.5, 0.6) is 0 Å². The SMILES string of the molecule is C/C=C/C(=O)OCCCNCCCCN. The molecule has 0 spiro atoms. The molecule has 4 nitrogen and oxygen atoms in total. The van der Waals surface area contributed by atoms with Gasteiger partial charge in [-0.3, -0.25) is 0 Å². The lowest BCUT2D eigenvalue weighted by molar-refractivity contribution is -0.137. The van der Waals surface area contributed by atoms with Gasteiger partial charge in [0.05, 0.1) is 6.61 Å². The van der Waals surface area contributed by atoms with E-state index in [4.69, 9.17) is 10.5 Å². The molecule has 4 heteroatoms. The number of allylic oxidation sites excluding steroid dienone is 1. The van der Waals surface area contributed by atoms with Crippen LogP contribution >= 0.6 is 0 Å². The largest absolute Gasteiger partial charge is 0.462 e. The van der Waals surface area contributed by atoms with Crippen molar-refractivity contribution in [2.45, 2.75) is 26.2 Å². The summed E-state index contributed by atoms with van der Waals surface area (Å²) >= 11 is 0. The number of ether oxygens (including phenoxy) is 1. The van der Waals surface area contributed by atoms with Crippen LogP contribution in [0.25, 0.3) is 0 Å². The van der Waals surface area contributed by atoms with Gasteiger partial charge in [-0.15, -0.1) is 0 Å². The van der Waals surface area contributed by atoms with Crippen LogP contribution in [-0.4, -0.2) is 32.2 Å². The second-order valence-corrected chi connectivity index (χ2v) is 3.27. The first-order valence-corrected chi connectivity index (χ1v) is 5.51. The number of hydrogen-bond donors (Lipinski definition) is 2. The van der Waals surface area contributed by atoms with Crippen molar-refractivity contribution < 1.29 is 9.53 Å². The lowest BCUT2D eigenvalue weighted by Gasteiger charge is -2.04. The molecular formula is C11H22N2O2. The third kappa shape index (κ3) is 11.1. The molecular weight excluding hydrogens is 192 g/mol. The third-order valence-corrected chi connectivity index (χ3v) is 1.85. The second kappa shape index (κ2) is 11.2. The number of carbonyl (C=O) groups excluding carboxylic acids is 1. The number of esters is 1. The number of unbranched alkanes of at least 4 members (excludes halogenated alkanes) is 1. The zero-order chi connectivity index (χ0) is 11.4. The number of hydrogen-bond acceptors (Lipinski definition) is 4. The summed E-state index contributed by atoms with van der Waals surface area (Å²) in [7, 11) is 0. The fourth-order valence-corrected chi connectivity index (χ4v) is 1.07. The van der Waals surface area contributed by atoms with Gasteiger partial charge >= 0.3 is 5.97 Å². The number of nitrogens with one attached hydrogen (secondary N) is 1. The quantitative estimate of drug-likeness (QED) is 0.339. The normalized spacial score (nSPS) is 10.8. The molecule has 0 aliphatic carbocycles. The number of carbonyl (C=O) groups is 1. The van der Waals surface area contributed by atoms with Gasteiger partial charge in [0.1, 0.15) is 0 Å². The molecule has 3 N–H and O–H groups in total. The van der Waals surface area contributed by atoms with Crippen LogP contribution in [0.3, 0.4) is 0 Å². The summed E-state index contributed by atoms with van der Waals surface area (Å²) in [5.74, 6) is -0.263. The van der Waals surface area contributed by atoms with Gasteiger partial charge in [0.25, 0.3) is 0 Å². The first-order chi connectivity index (χ1) is 7.31. The van der Waals surface area contributed by atoms with Crippen LogP contribution in [0.2, 0.25) is 0 Å². The Bertz CT molecular complexity index is 181. The molecule has 0 aromatic rings. The summed E-state index contributed by atoms with van der Waals surface area (Å²) < 4.78 is 4.92. The molecule has 0 saturated carbocycles. The minimum Gasteiger partial charge on any atom is -0.462 e. The first kappa shape index (κ1) is 14.1. The molecule has 0 aromatic heterocycles. The number of nitrogens with two attached hydrogens (primary N) is 1. The lowest BCUT2D eigenvalue weighted by atomic mass is 10.3. The van der Waals surface area contributed by atoms with Crippen LogP contribution in [0.4, 0.5) is 0 Å². The zero-order valence-corrected chi connectivity index (χ0v) is 9.50. The third-order valence-electron chi connectivity index (χ3n) is 1.85. The lowest BCUT2D eigenvalue weighted by Crippen LogP contribution is -2.19. The molecule has 0 saturated heterocycles. The maximum atomic E-state index is 10.9. The maximum Gasteiger partial charge on any atom is 0.330 e. The van der Waals surface area contributed by atoms with Crippen molar-refractivity contribution >= 4 is 5.97 Å². The van der Waals surface area contributed by atoms with E-state index in [9.17, 15) is 4.79 Å². The van der Waals surface area contributed by atoms with Gasteiger partial charge in [0, 0.05) is 6.08 Å². The smallest absolute Gasteiger partial charge is 0.330 e. The Morgan fingerprint density at radius 1 is 1.33 bits per heavy atom. The van der Waals surface area contributed by atoms with E-state index in [1.807, 2.05) is 0 Å². The summed E-state index contributed by atoms with van der Waals surface area (Å²) in [4.78, 5) is 10.9. The van der Waals surface area contributed by atoms with Crippen molar-refractivity contribution in [1.82, 2.24) is 5.32 Å². The molecule has 0 aromatic carbocycles. The van der Waals surface area contributed by atoms with Crippen molar-refractivity contribution in [3.8, 4) is 0 Å². The highest BCUT2D eigenvalue weighted by Gasteiger charge is 1.94. The van der Waals surface area contributed by atoms with Crippen molar-refractivity contribution in [1.29, 1.82) is 0 Å². The van der Waals surface area contributed by atoms with Crippen LogP contribution in [0.1, 0.15) is 26.2 Å². The molecule has 0 bridgehead atoms. The highest BCUT2D eigenvalue weighted by Crippen LogP contribution is 1.86. The fraction of sp³-hybridized carbons (Fsp3) is 0.727. The van der Waals surface area contributed by atoms with Crippen molar-refractivity contribution in [2.24, 2.45) is 5.73 Å². The summed E-state index contributed by atoms with van der Waals surface area (Å²) in [5, 5.41) is 3.26. The molecule has 0 unspecified atom stereocenters. The van der Waals surface area contributed by atoms with E-state index in [1.54, 1.807) is 13.0 Å². The highest BCUT2D eigenvalue weighted by atomic mass is 16.5. The van der Waals surface area contributed by atoms with E-state index in [2.05, 4.69) is 5.32 Å². The van der Waals surface area contributed by atoms with E-state index in [0.717, 1.165) is 38.9 Å². The van der Waals surface area contributed by atoms with Crippen LogP contribution < -0.4 is 11.1 Å². The van der Waals surface area contributed by atoms with Crippen molar-refractivity contribution in [3.63, 3.8) is 0 Å². The molecule has 88 valence electrons. The predicted molar refractivity (Wildman–Crippen MR) is 61.5 cm³/mol. The van der Waals surface area contributed by atoms with Gasteiger partial charge in [0.15, 0.2) is 0 Å². The zero-order valence-electron chi connectivity index (χ0n) is 9.50. The molecule has 0 aliphatic rings. The fourth-order valence-electron chi connectivity index (χ4n) is 1.07. The molecule has 0 heterocycles. The Labute approximate surface area is 91.9 Å². The monoisotopic (exact) mass is 214 g/mol. The summed E-state index contributed by atoms with van der Waals surface area (Å²) in [6, 6.07) is 0. The maximum absolute atomic E-state index is 10.9. The number of rotatable bonds is 9. The Balaban J connectivity index is 3.08. The van der Waals surface area contributed by atoms with E-state index >= 15 is 0 Å². The molecule has 0 rings (SSSR count). The second-order valence-electron chi connectivity index (χ2n) is 3.27. The predicted octanol–water partition coefficient (Wildman–Crippen LogP) is 0.824. The Morgan fingerprint density at radius 2 is 2.07 bits per heavy atom. The van der Waals surface area contributed by atoms with Crippen LogP contribution in [-0.2, 0) is 9.53 Å². The van der Waals surface area contributed by atoms with Gasteiger partial charge in [0.2, 0.25) is 0 Å². The Morgan fingerprint density at radius 3 is 2.73 bits per heavy atom. The topological polar surface area (TPSA) is 64.3 Å². The molecule has 0 aliphatic heterocycles. The highest BCUT2D eigenvalue weighted by molar-refractivity contribution is 5.81. The van der Waals surface area contributed by atoms with Gasteiger partial charge < -0.3 is 15.8 Å². The van der Waals surface area contributed by atoms with Crippen LogP contribution in [0.15, 0.2) is 12.2 Å². The van der Waals surface area contributed by atoms with E-state index < -0.39 is 0 Å². The minimum atomic E-state index is -0.263. The van der Waals surface area contributed by atoms with Gasteiger partial charge in [-0.2, -0.15) is 0 Å². The molecule has 15 heavy (non-hydrogen) atoms. The molecule has 0 atom stereocenters. The molecule has 0 radical (unpaired) electrons. The van der Waals surface area contributed by atoms with Gasteiger partial charge in [-0.25, -0.2) is 4.79 Å². The van der Waals surface area contributed by atoms with Gasteiger partial charge in [-0.05, 0) is 45.8 Å². The van der Waals surface area contributed by atoms with Gasteiger partial charge in [-0.1, -0.05) is 6.08 Å².